The molecule has 0 saturated heterocycles. The van der Waals surface area contributed by atoms with E-state index < -0.39 is 28.5 Å². The van der Waals surface area contributed by atoms with Crippen LogP contribution in [0.25, 0.3) is 0 Å². The summed E-state index contributed by atoms with van der Waals surface area (Å²) in [5.74, 6) is -0.0262. The number of carbonyl (C=O) groups excluding carboxylic acids is 2. The summed E-state index contributed by atoms with van der Waals surface area (Å²) in [7, 11) is 1.16. The van der Waals surface area contributed by atoms with Gasteiger partial charge in [0.05, 0.1) is 39.0 Å². The fourth-order valence-electron chi connectivity index (χ4n) is 5.75. The molecule has 0 aromatic heterocycles. The number of rotatable bonds is 15. The molecule has 2 amide bonds. The maximum atomic E-state index is 14.6. The molecule has 3 aromatic carbocycles. The summed E-state index contributed by atoms with van der Waals surface area (Å²) >= 11 is 13.1. The van der Waals surface area contributed by atoms with E-state index in [2.05, 4.69) is 5.32 Å². The molecule has 0 radical (unpaired) electrons. The summed E-state index contributed by atoms with van der Waals surface area (Å²) in [6.07, 6.45) is 3.95. The van der Waals surface area contributed by atoms with Crippen LogP contribution in [0.3, 0.4) is 0 Å². The second kappa shape index (κ2) is 16.5. The van der Waals surface area contributed by atoms with Crippen LogP contribution in [0.2, 0.25) is 10.0 Å². The van der Waals surface area contributed by atoms with Crippen LogP contribution in [-0.2, 0) is 26.2 Å². The van der Waals surface area contributed by atoms with Gasteiger partial charge in [-0.05, 0) is 55.7 Å². The second-order valence-corrected chi connectivity index (χ2v) is 13.9. The molecule has 1 N–H and O–H groups in total. The van der Waals surface area contributed by atoms with Crippen LogP contribution in [-0.4, -0.2) is 72.2 Å². The Labute approximate surface area is 292 Å². The first-order valence-electron chi connectivity index (χ1n) is 15.5. The Hall–Kier alpha value is -3.87. The molecule has 48 heavy (non-hydrogen) atoms. The van der Waals surface area contributed by atoms with Crippen LogP contribution in [0.1, 0.15) is 44.6 Å². The quantitative estimate of drug-likeness (QED) is 0.200. The Bertz CT molecular complexity index is 1700. The number of sulfonamides is 1. The minimum absolute atomic E-state index is 0.00428. The zero-order chi connectivity index (χ0) is 35.0. The normalized spacial score (nSPS) is 13.8. The van der Waals surface area contributed by atoms with E-state index in [9.17, 15) is 18.0 Å². The molecule has 0 aliphatic heterocycles. The Kier molecular flexibility index (Phi) is 12.7. The second-order valence-electron chi connectivity index (χ2n) is 11.2. The number of amides is 2. The molecule has 1 fully saturated rings. The van der Waals surface area contributed by atoms with Crippen molar-refractivity contribution in [2.75, 3.05) is 39.3 Å². The lowest BCUT2D eigenvalue weighted by Crippen LogP contribution is -2.53. The van der Waals surface area contributed by atoms with Crippen LogP contribution >= 0.6 is 23.2 Å². The number of hydrogen-bond acceptors (Lipinski definition) is 8. The van der Waals surface area contributed by atoms with Crippen molar-refractivity contribution in [1.29, 1.82) is 0 Å². The van der Waals surface area contributed by atoms with Gasteiger partial charge in [0, 0.05) is 40.3 Å². The Morgan fingerprint density at radius 1 is 0.875 bits per heavy atom. The van der Waals surface area contributed by atoms with Crippen molar-refractivity contribution in [3.8, 4) is 23.0 Å². The van der Waals surface area contributed by atoms with Crippen molar-refractivity contribution in [2.45, 2.75) is 62.6 Å². The lowest BCUT2D eigenvalue weighted by Gasteiger charge is -2.34. The van der Waals surface area contributed by atoms with Crippen LogP contribution in [0.15, 0.2) is 59.5 Å². The topological polar surface area (TPSA) is 124 Å². The van der Waals surface area contributed by atoms with Gasteiger partial charge in [0.2, 0.25) is 11.8 Å². The third-order valence-electron chi connectivity index (χ3n) is 8.35. The van der Waals surface area contributed by atoms with Crippen molar-refractivity contribution in [3.05, 3.63) is 70.2 Å². The number of nitrogens with zero attached hydrogens (tertiary/aromatic N) is 2. The Balaban J connectivity index is 1.85. The number of ether oxygens (including phenoxy) is 4. The maximum absolute atomic E-state index is 14.6. The first kappa shape index (κ1) is 37.0. The highest BCUT2D eigenvalue weighted by Gasteiger charge is 2.36. The van der Waals surface area contributed by atoms with Crippen molar-refractivity contribution in [2.24, 2.45) is 0 Å². The predicted octanol–water partition coefficient (Wildman–Crippen LogP) is 6.09. The lowest BCUT2D eigenvalue weighted by atomic mass is 10.1. The van der Waals surface area contributed by atoms with E-state index in [4.69, 9.17) is 42.1 Å². The van der Waals surface area contributed by atoms with E-state index in [1.54, 1.807) is 37.3 Å². The number of carbonyl (C=O) groups is 2. The molecule has 1 atom stereocenters. The van der Waals surface area contributed by atoms with Gasteiger partial charge in [0.1, 0.15) is 24.1 Å². The van der Waals surface area contributed by atoms with Gasteiger partial charge in [-0.2, -0.15) is 0 Å². The maximum Gasteiger partial charge on any atom is 0.265 e. The summed E-state index contributed by atoms with van der Waals surface area (Å²) < 4.78 is 51.7. The number of halogens is 2. The average molecular weight is 723 g/mol. The largest absolute Gasteiger partial charge is 0.497 e. The van der Waals surface area contributed by atoms with E-state index in [1.165, 1.54) is 57.6 Å². The summed E-state index contributed by atoms with van der Waals surface area (Å²) in [5.41, 5.74) is 0.466. The van der Waals surface area contributed by atoms with E-state index in [1.807, 2.05) is 0 Å². The van der Waals surface area contributed by atoms with Crippen LogP contribution in [0.5, 0.6) is 23.0 Å². The fourth-order valence-corrected chi connectivity index (χ4v) is 7.70. The highest BCUT2D eigenvalue weighted by atomic mass is 35.5. The molecule has 14 heteroatoms. The van der Waals surface area contributed by atoms with Crippen molar-refractivity contribution < 1.29 is 37.0 Å². The predicted molar refractivity (Wildman–Crippen MR) is 185 cm³/mol. The molecular weight excluding hydrogens is 681 g/mol. The molecule has 11 nitrogen and oxygen atoms in total. The highest BCUT2D eigenvalue weighted by molar-refractivity contribution is 7.92. The van der Waals surface area contributed by atoms with Crippen LogP contribution in [0, 0.1) is 0 Å². The van der Waals surface area contributed by atoms with Crippen LogP contribution < -0.4 is 28.6 Å². The molecule has 0 heterocycles. The van der Waals surface area contributed by atoms with Crippen molar-refractivity contribution in [3.63, 3.8) is 0 Å². The van der Waals surface area contributed by atoms with Gasteiger partial charge in [0.15, 0.2) is 11.5 Å². The molecule has 1 saturated carbocycles. The first-order chi connectivity index (χ1) is 23.0. The SMILES string of the molecule is CCC(C(=O)NC1CCCC1)N(Cc1c(Cl)cccc1Cl)C(=O)CN(c1cc(OC)ccc1OC)S(=O)(=O)c1ccc(OC)c(OC)c1. The number of nitrogens with one attached hydrogen (secondary N) is 1. The van der Waals surface area contributed by atoms with E-state index in [0.29, 0.717) is 27.1 Å². The summed E-state index contributed by atoms with van der Waals surface area (Å²) in [6.45, 7) is 0.930. The molecule has 3 aromatic rings. The third kappa shape index (κ3) is 8.22. The Morgan fingerprint density at radius 2 is 1.50 bits per heavy atom. The number of benzene rings is 3. The molecule has 1 unspecified atom stereocenters. The van der Waals surface area contributed by atoms with Gasteiger partial charge in [-0.25, -0.2) is 8.42 Å². The molecule has 1 aliphatic rings. The zero-order valence-electron chi connectivity index (χ0n) is 27.6. The van der Waals surface area contributed by atoms with Gasteiger partial charge in [0.25, 0.3) is 10.0 Å². The lowest BCUT2D eigenvalue weighted by molar-refractivity contribution is -0.140. The number of hydrogen-bond donors (Lipinski definition) is 1. The minimum atomic E-state index is -4.50. The van der Waals surface area contributed by atoms with Gasteiger partial charge >= 0.3 is 0 Å². The molecule has 0 bridgehead atoms. The minimum Gasteiger partial charge on any atom is -0.497 e. The number of anilines is 1. The average Bonchev–Trinajstić information content (AvgIpc) is 3.60. The van der Waals surface area contributed by atoms with E-state index >= 15 is 0 Å². The molecule has 4 rings (SSSR count). The summed E-state index contributed by atoms with van der Waals surface area (Å²) in [5, 5.41) is 3.69. The highest BCUT2D eigenvalue weighted by Crippen LogP contribution is 2.38. The van der Waals surface area contributed by atoms with E-state index in [0.717, 1.165) is 30.0 Å². The smallest absolute Gasteiger partial charge is 0.265 e. The molecule has 1 aliphatic carbocycles. The molecular formula is C34H41Cl2N3O8S. The number of methoxy groups -OCH3 is 4. The van der Waals surface area contributed by atoms with Crippen molar-refractivity contribution in [1.82, 2.24) is 10.2 Å². The zero-order valence-corrected chi connectivity index (χ0v) is 30.0. The fraction of sp³-hybridized carbons (Fsp3) is 0.412. The summed E-state index contributed by atoms with van der Waals surface area (Å²) in [6, 6.07) is 12.7. The van der Waals surface area contributed by atoms with Gasteiger partial charge in [-0.3, -0.25) is 13.9 Å². The van der Waals surface area contributed by atoms with Crippen LogP contribution in [0.4, 0.5) is 5.69 Å². The molecule has 260 valence electrons. The monoisotopic (exact) mass is 721 g/mol. The molecule has 0 spiro atoms. The summed E-state index contributed by atoms with van der Waals surface area (Å²) in [4.78, 5) is 29.5. The van der Waals surface area contributed by atoms with E-state index in [-0.39, 0.29) is 47.0 Å². The Morgan fingerprint density at radius 3 is 2.08 bits per heavy atom. The van der Waals surface area contributed by atoms with Gasteiger partial charge in [-0.1, -0.05) is 49.0 Å². The van der Waals surface area contributed by atoms with Crippen molar-refractivity contribution >= 4 is 50.7 Å². The standard InChI is InChI=1S/C34H41Cl2N3O8S/c1-6-28(34(41)37-22-10-7-8-11-22)38(20-25-26(35)12-9-13-27(25)36)33(40)21-39(29-18-23(44-2)14-16-30(29)45-3)48(42,43)24-15-17-31(46-4)32(19-24)47-5/h9,12-19,22,28H,6-8,10-11,20-21H2,1-5H3,(H,37,41). The van der Waals surface area contributed by atoms with Gasteiger partial charge in [-0.15, -0.1) is 0 Å². The van der Waals surface area contributed by atoms with Gasteiger partial charge < -0.3 is 29.2 Å². The third-order valence-corrected chi connectivity index (χ3v) is 10.8. The first-order valence-corrected chi connectivity index (χ1v) is 17.7.